The number of aliphatic hydroxyl groups excluding tert-OH is 1. The van der Waals surface area contributed by atoms with Gasteiger partial charge in [0.05, 0.1) is 33.0 Å². The Morgan fingerprint density at radius 3 is 2.79 bits per heavy atom. The first-order valence-corrected chi connectivity index (χ1v) is 9.83. The quantitative estimate of drug-likeness (QED) is 0.484. The zero-order chi connectivity index (χ0) is 19.8. The summed E-state index contributed by atoms with van der Waals surface area (Å²) >= 11 is 0. The van der Waals surface area contributed by atoms with Gasteiger partial charge in [-0.3, -0.25) is 0 Å². The first-order chi connectivity index (χ1) is 13.6. The summed E-state index contributed by atoms with van der Waals surface area (Å²) in [6.45, 7) is 6.20. The molecule has 0 spiro atoms. The maximum atomic E-state index is 12.0. The molecule has 2 heterocycles. The minimum Gasteiger partial charge on any atom is -0.486 e. The van der Waals surface area contributed by atoms with Crippen molar-refractivity contribution in [3.63, 3.8) is 0 Å². The fourth-order valence-electron chi connectivity index (χ4n) is 3.60. The molecule has 0 aliphatic carbocycles. The number of carbonyl (C=O) groups excluding carboxylic acids is 1. The number of nitrogens with zero attached hydrogens (tertiary/aromatic N) is 1. The van der Waals surface area contributed by atoms with Crippen molar-refractivity contribution in [3.8, 4) is 11.5 Å². The maximum absolute atomic E-state index is 12.0. The lowest BCUT2D eigenvalue weighted by molar-refractivity contribution is -0.931. The van der Waals surface area contributed by atoms with Gasteiger partial charge in [0, 0.05) is 0 Å². The predicted octanol–water partition coefficient (Wildman–Crippen LogP) is 0.614. The van der Waals surface area contributed by atoms with Crippen LogP contribution in [0.2, 0.25) is 0 Å². The Morgan fingerprint density at radius 2 is 2.04 bits per heavy atom. The van der Waals surface area contributed by atoms with Crippen molar-refractivity contribution in [1.29, 1.82) is 0 Å². The van der Waals surface area contributed by atoms with Gasteiger partial charge in [0.1, 0.15) is 32.3 Å². The van der Waals surface area contributed by atoms with Crippen LogP contribution in [-0.2, 0) is 19.0 Å². The predicted molar refractivity (Wildman–Crippen MR) is 100 cm³/mol. The molecule has 1 aromatic carbocycles. The third-order valence-corrected chi connectivity index (χ3v) is 4.97. The largest absolute Gasteiger partial charge is 0.486 e. The number of ether oxygens (including phenoxy) is 5. The summed E-state index contributed by atoms with van der Waals surface area (Å²) in [5.74, 6) is 1.19. The van der Waals surface area contributed by atoms with Gasteiger partial charge in [-0.25, -0.2) is 4.79 Å². The summed E-state index contributed by atoms with van der Waals surface area (Å²) < 4.78 is 28.2. The molecule has 0 aromatic heterocycles. The number of morpholine rings is 1. The Labute approximate surface area is 165 Å². The number of aliphatic hydroxyl groups is 1. The number of carbonyl (C=O) groups is 1. The second-order valence-electron chi connectivity index (χ2n) is 7.24. The van der Waals surface area contributed by atoms with Crippen LogP contribution in [0.15, 0.2) is 24.3 Å². The fraction of sp³-hybridized carbons (Fsp3) is 0.650. The maximum Gasteiger partial charge on any atom is 0.361 e. The number of quaternary nitrogens is 1. The van der Waals surface area contributed by atoms with Crippen LogP contribution in [0, 0.1) is 0 Å². The zero-order valence-corrected chi connectivity index (χ0v) is 16.4. The molecule has 0 bridgehead atoms. The number of benzene rings is 1. The van der Waals surface area contributed by atoms with E-state index in [1.807, 2.05) is 24.3 Å². The van der Waals surface area contributed by atoms with Crippen molar-refractivity contribution in [2.45, 2.75) is 19.1 Å². The van der Waals surface area contributed by atoms with E-state index in [1.165, 1.54) is 0 Å². The fourth-order valence-corrected chi connectivity index (χ4v) is 3.60. The van der Waals surface area contributed by atoms with E-state index in [4.69, 9.17) is 23.7 Å². The van der Waals surface area contributed by atoms with E-state index in [9.17, 15) is 9.90 Å². The van der Waals surface area contributed by atoms with Crippen LogP contribution >= 0.6 is 0 Å². The van der Waals surface area contributed by atoms with Crippen molar-refractivity contribution >= 4 is 5.97 Å². The molecule has 28 heavy (non-hydrogen) atoms. The van der Waals surface area contributed by atoms with E-state index in [0.29, 0.717) is 62.9 Å². The van der Waals surface area contributed by atoms with Crippen molar-refractivity contribution in [1.82, 2.24) is 0 Å². The van der Waals surface area contributed by atoms with Gasteiger partial charge in [0.15, 0.2) is 24.1 Å². The van der Waals surface area contributed by atoms with Crippen LogP contribution in [0.1, 0.15) is 6.92 Å². The number of rotatable bonds is 9. The van der Waals surface area contributed by atoms with E-state index in [1.54, 1.807) is 6.92 Å². The lowest BCUT2D eigenvalue weighted by atomic mass is 10.2. The van der Waals surface area contributed by atoms with Gasteiger partial charge >= 0.3 is 5.97 Å². The van der Waals surface area contributed by atoms with Crippen LogP contribution in [0.5, 0.6) is 11.5 Å². The van der Waals surface area contributed by atoms with E-state index >= 15 is 0 Å². The molecule has 8 nitrogen and oxygen atoms in total. The van der Waals surface area contributed by atoms with Gasteiger partial charge in [-0.1, -0.05) is 12.1 Å². The van der Waals surface area contributed by atoms with Crippen LogP contribution in [0.4, 0.5) is 0 Å². The Morgan fingerprint density at radius 1 is 1.29 bits per heavy atom. The Kier molecular flexibility index (Phi) is 7.50. The van der Waals surface area contributed by atoms with Gasteiger partial charge in [0.2, 0.25) is 0 Å². The molecule has 156 valence electrons. The summed E-state index contributed by atoms with van der Waals surface area (Å²) in [6.07, 6.45) is -0.905. The first kappa shape index (κ1) is 20.9. The summed E-state index contributed by atoms with van der Waals surface area (Å²) in [6, 6.07) is 7.52. The Bertz CT molecular complexity index is 633. The molecule has 2 atom stereocenters. The minimum atomic E-state index is -0.690. The highest BCUT2D eigenvalue weighted by atomic mass is 16.6. The molecule has 0 unspecified atom stereocenters. The van der Waals surface area contributed by atoms with Gasteiger partial charge in [-0.05, 0) is 19.1 Å². The van der Waals surface area contributed by atoms with Crippen molar-refractivity contribution < 1.29 is 38.1 Å². The number of para-hydroxylation sites is 2. The van der Waals surface area contributed by atoms with Crippen LogP contribution < -0.4 is 9.47 Å². The SMILES string of the molecule is CCOC(=O)C[N+]1(C[C@@H](O)COC[C@H]2COc3ccccc3O2)CCOCC1. The molecule has 1 fully saturated rings. The highest BCUT2D eigenvalue weighted by Gasteiger charge is 2.36. The van der Waals surface area contributed by atoms with Gasteiger partial charge in [-0.2, -0.15) is 0 Å². The van der Waals surface area contributed by atoms with E-state index in [-0.39, 0.29) is 25.2 Å². The number of hydrogen-bond donors (Lipinski definition) is 1. The number of fused-ring (bicyclic) bond motifs is 1. The molecule has 2 aliphatic rings. The molecule has 1 aromatic rings. The third kappa shape index (κ3) is 5.81. The average Bonchev–Trinajstić information content (AvgIpc) is 2.68. The molecule has 2 aliphatic heterocycles. The van der Waals surface area contributed by atoms with Gasteiger partial charge in [0.25, 0.3) is 0 Å². The summed E-state index contributed by atoms with van der Waals surface area (Å²) in [4.78, 5) is 12.0. The zero-order valence-electron chi connectivity index (χ0n) is 16.4. The summed E-state index contributed by atoms with van der Waals surface area (Å²) in [5.41, 5.74) is 0. The molecule has 0 radical (unpaired) electrons. The van der Waals surface area contributed by atoms with Gasteiger partial charge < -0.3 is 33.3 Å². The number of hydrogen-bond acceptors (Lipinski definition) is 7. The molecular formula is C20H30NO7+. The standard InChI is InChI=1S/C20H30NO7/c1-2-26-20(23)12-21(7-9-24-10-8-21)11-16(22)13-25-14-17-15-27-18-5-3-4-6-19(18)28-17/h3-6,16-17,22H,2,7-15H2,1H3/q+1/t16-,17+/m1/s1. The molecule has 3 rings (SSSR count). The van der Waals surface area contributed by atoms with Gasteiger partial charge in [-0.15, -0.1) is 0 Å². The first-order valence-electron chi connectivity index (χ1n) is 9.83. The summed E-state index contributed by atoms with van der Waals surface area (Å²) in [5, 5.41) is 10.5. The van der Waals surface area contributed by atoms with Crippen LogP contribution in [0.3, 0.4) is 0 Å². The highest BCUT2D eigenvalue weighted by molar-refractivity contribution is 5.70. The Hall–Kier alpha value is -1.87. The van der Waals surface area contributed by atoms with Crippen molar-refractivity contribution in [3.05, 3.63) is 24.3 Å². The number of esters is 1. The molecule has 1 saturated heterocycles. The lowest BCUT2D eigenvalue weighted by Crippen LogP contribution is -2.60. The second kappa shape index (κ2) is 10.1. The van der Waals surface area contributed by atoms with E-state index in [0.717, 1.165) is 5.75 Å². The monoisotopic (exact) mass is 396 g/mol. The van der Waals surface area contributed by atoms with Crippen molar-refractivity contribution in [2.24, 2.45) is 0 Å². The minimum absolute atomic E-state index is 0.172. The molecular weight excluding hydrogens is 366 g/mol. The molecule has 0 saturated carbocycles. The van der Waals surface area contributed by atoms with Crippen LogP contribution in [0.25, 0.3) is 0 Å². The topological polar surface area (TPSA) is 83.5 Å². The van der Waals surface area contributed by atoms with E-state index < -0.39 is 6.10 Å². The third-order valence-electron chi connectivity index (χ3n) is 4.97. The van der Waals surface area contributed by atoms with E-state index in [2.05, 4.69) is 0 Å². The highest BCUT2D eigenvalue weighted by Crippen LogP contribution is 2.30. The molecule has 1 N–H and O–H groups in total. The average molecular weight is 396 g/mol. The van der Waals surface area contributed by atoms with Crippen LogP contribution in [-0.4, -0.2) is 93.6 Å². The summed E-state index contributed by atoms with van der Waals surface area (Å²) in [7, 11) is 0. The normalized spacial score (nSPS) is 21.7. The molecule has 0 amide bonds. The lowest BCUT2D eigenvalue weighted by Gasteiger charge is -2.41. The smallest absolute Gasteiger partial charge is 0.361 e. The Balaban J connectivity index is 1.44. The van der Waals surface area contributed by atoms with Crippen molar-refractivity contribution in [2.75, 3.05) is 65.8 Å². The molecule has 8 heteroatoms. The second-order valence-corrected chi connectivity index (χ2v) is 7.24.